The molecule has 0 aromatic carbocycles. The van der Waals surface area contributed by atoms with Crippen LogP contribution in [0.3, 0.4) is 0 Å². The van der Waals surface area contributed by atoms with Crippen molar-refractivity contribution in [1.29, 1.82) is 0 Å². The number of hydrogen-bond acceptors (Lipinski definition) is 4. The highest BCUT2D eigenvalue weighted by molar-refractivity contribution is 5.89. The van der Waals surface area contributed by atoms with Crippen molar-refractivity contribution in [3.05, 3.63) is 0 Å². The van der Waals surface area contributed by atoms with Crippen LogP contribution < -0.4 is 5.73 Å². The van der Waals surface area contributed by atoms with Gasteiger partial charge in [0.1, 0.15) is 5.54 Å². The van der Waals surface area contributed by atoms with Crippen molar-refractivity contribution in [3.63, 3.8) is 0 Å². The molecule has 0 aromatic heterocycles. The van der Waals surface area contributed by atoms with Crippen LogP contribution in [0.4, 0.5) is 13.2 Å². The average Bonchev–Trinajstić information content (AvgIpc) is 2.81. The van der Waals surface area contributed by atoms with E-state index in [1.807, 2.05) is 6.92 Å². The van der Waals surface area contributed by atoms with E-state index in [1.165, 1.54) is 0 Å². The quantitative estimate of drug-likeness (QED) is 0.799. The predicted molar refractivity (Wildman–Crippen MR) is 80.2 cm³/mol. The van der Waals surface area contributed by atoms with Crippen LogP contribution in [0.1, 0.15) is 33.6 Å². The van der Waals surface area contributed by atoms with Crippen molar-refractivity contribution in [3.8, 4) is 0 Å². The minimum absolute atomic E-state index is 0. The van der Waals surface area contributed by atoms with Crippen LogP contribution in [0.5, 0.6) is 0 Å². The van der Waals surface area contributed by atoms with Gasteiger partial charge in [0.2, 0.25) is 5.91 Å². The number of carbonyl (C=O) groups excluding carboxylic acids is 1. The lowest BCUT2D eigenvalue weighted by molar-refractivity contribution is -0.254. The van der Waals surface area contributed by atoms with Gasteiger partial charge in [-0.2, -0.15) is 13.2 Å². The number of alkyl halides is 3. The molecule has 0 spiro atoms. The van der Waals surface area contributed by atoms with Gasteiger partial charge in [-0.1, -0.05) is 13.8 Å². The summed E-state index contributed by atoms with van der Waals surface area (Å²) in [7, 11) is 0. The van der Waals surface area contributed by atoms with Crippen molar-refractivity contribution in [1.82, 2.24) is 4.90 Å². The third kappa shape index (κ3) is 2.94. The summed E-state index contributed by atoms with van der Waals surface area (Å²) in [5.74, 6) is -0.548. The monoisotopic (exact) mass is 360 g/mol. The van der Waals surface area contributed by atoms with E-state index < -0.39 is 41.6 Å². The Morgan fingerprint density at radius 2 is 2.00 bits per heavy atom. The van der Waals surface area contributed by atoms with Crippen molar-refractivity contribution < 1.29 is 27.8 Å². The summed E-state index contributed by atoms with van der Waals surface area (Å²) < 4.78 is 44.1. The van der Waals surface area contributed by atoms with E-state index in [1.54, 1.807) is 13.8 Å². The molecule has 23 heavy (non-hydrogen) atoms. The Morgan fingerprint density at radius 3 is 2.39 bits per heavy atom. The molecule has 2 rings (SSSR count). The number of amides is 1. The van der Waals surface area contributed by atoms with E-state index in [9.17, 15) is 23.1 Å². The smallest absolute Gasteiger partial charge is 0.379 e. The maximum Gasteiger partial charge on any atom is 0.419 e. The second kappa shape index (κ2) is 6.06. The SMILES string of the molecule is CCOC1CC(N)(C(=O)N2CCC(O)(C(F)(F)F)C2)C1(C)C.Cl. The molecule has 9 heteroatoms. The lowest BCUT2D eigenvalue weighted by Gasteiger charge is -2.58. The summed E-state index contributed by atoms with van der Waals surface area (Å²) in [5, 5.41) is 9.69. The molecule has 3 N–H and O–H groups in total. The number of carbonyl (C=O) groups is 1. The Morgan fingerprint density at radius 1 is 1.43 bits per heavy atom. The van der Waals surface area contributed by atoms with Crippen LogP contribution in [-0.2, 0) is 9.53 Å². The summed E-state index contributed by atoms with van der Waals surface area (Å²) in [6.45, 7) is 4.96. The standard InChI is InChI=1S/C14H23F3N2O3.ClH/c1-4-22-9-7-13(18,11(9,2)3)10(20)19-6-5-12(21,8-19)14(15,16)17;/h9,21H,4-8,18H2,1-3H3;1H. The van der Waals surface area contributed by atoms with E-state index in [0.717, 1.165) is 4.90 Å². The maximum absolute atomic E-state index is 12.8. The van der Waals surface area contributed by atoms with Crippen LogP contribution in [-0.4, -0.2) is 59.0 Å². The minimum atomic E-state index is -4.76. The van der Waals surface area contributed by atoms with Gasteiger partial charge in [0.15, 0.2) is 5.60 Å². The Balaban J connectivity index is 0.00000264. The van der Waals surface area contributed by atoms with Crippen molar-refractivity contribution in [2.24, 2.45) is 11.1 Å². The molecular formula is C14H24ClF3N2O3. The highest BCUT2D eigenvalue weighted by Gasteiger charge is 2.66. The van der Waals surface area contributed by atoms with E-state index >= 15 is 0 Å². The van der Waals surface area contributed by atoms with Crippen molar-refractivity contribution in [2.75, 3.05) is 19.7 Å². The summed E-state index contributed by atoms with van der Waals surface area (Å²) in [6.07, 6.45) is -5.20. The van der Waals surface area contributed by atoms with E-state index in [0.29, 0.717) is 6.61 Å². The van der Waals surface area contributed by atoms with E-state index in [4.69, 9.17) is 10.5 Å². The summed E-state index contributed by atoms with van der Waals surface area (Å²) in [5.41, 5.74) is 1.42. The third-order valence-corrected chi connectivity index (χ3v) is 5.27. The van der Waals surface area contributed by atoms with Gasteiger partial charge in [0.25, 0.3) is 0 Å². The molecule has 0 aromatic rings. The zero-order valence-corrected chi connectivity index (χ0v) is 14.3. The fourth-order valence-corrected chi connectivity index (χ4v) is 3.28. The van der Waals surface area contributed by atoms with Crippen LogP contribution in [0.25, 0.3) is 0 Å². The zero-order chi connectivity index (χ0) is 17.0. The molecule has 2 fully saturated rings. The number of hydrogen-bond donors (Lipinski definition) is 2. The molecular weight excluding hydrogens is 337 g/mol. The molecule has 0 radical (unpaired) electrons. The van der Waals surface area contributed by atoms with Gasteiger partial charge >= 0.3 is 6.18 Å². The van der Waals surface area contributed by atoms with Crippen LogP contribution in [0, 0.1) is 5.41 Å². The highest BCUT2D eigenvalue weighted by Crippen LogP contribution is 2.51. The van der Waals surface area contributed by atoms with Gasteiger partial charge in [-0.05, 0) is 6.92 Å². The Bertz CT molecular complexity index is 475. The molecule has 136 valence electrons. The number of rotatable bonds is 3. The maximum atomic E-state index is 12.8. The van der Waals surface area contributed by atoms with Crippen LogP contribution in [0.15, 0.2) is 0 Å². The molecule has 3 atom stereocenters. The number of nitrogens with zero attached hydrogens (tertiary/aromatic N) is 1. The molecule has 1 aliphatic carbocycles. The van der Waals surface area contributed by atoms with Gasteiger partial charge in [-0.3, -0.25) is 4.79 Å². The minimum Gasteiger partial charge on any atom is -0.379 e. The molecule has 0 bridgehead atoms. The molecule has 1 aliphatic heterocycles. The fraction of sp³-hybridized carbons (Fsp3) is 0.929. The lowest BCUT2D eigenvalue weighted by Crippen LogP contribution is -2.76. The third-order valence-electron chi connectivity index (χ3n) is 5.27. The summed E-state index contributed by atoms with van der Waals surface area (Å²) in [4.78, 5) is 13.6. The Hall–Kier alpha value is -0.570. The molecule has 3 unspecified atom stereocenters. The predicted octanol–water partition coefficient (Wildman–Crippen LogP) is 1.47. The van der Waals surface area contributed by atoms with Gasteiger partial charge < -0.3 is 20.5 Å². The van der Waals surface area contributed by atoms with Crippen LogP contribution in [0.2, 0.25) is 0 Å². The highest BCUT2D eigenvalue weighted by atomic mass is 35.5. The molecule has 5 nitrogen and oxygen atoms in total. The average molecular weight is 361 g/mol. The normalized spacial score (nSPS) is 36.3. The second-order valence-electron chi connectivity index (χ2n) is 6.85. The second-order valence-corrected chi connectivity index (χ2v) is 6.85. The van der Waals surface area contributed by atoms with Gasteiger partial charge in [-0.15, -0.1) is 12.4 Å². The largest absolute Gasteiger partial charge is 0.419 e. The summed E-state index contributed by atoms with van der Waals surface area (Å²) in [6, 6.07) is 0. The number of nitrogens with two attached hydrogens (primary N) is 1. The first-order valence-electron chi connectivity index (χ1n) is 7.38. The number of β-amino-alcohol motifs (C(OH)–C–C–N with tert-alkyl or cyclic N) is 1. The number of halogens is 4. The topological polar surface area (TPSA) is 75.8 Å². The van der Waals surface area contributed by atoms with Crippen molar-refractivity contribution >= 4 is 18.3 Å². The Kier molecular flexibility index (Phi) is 5.39. The number of aliphatic hydroxyl groups is 1. The van der Waals surface area contributed by atoms with Crippen molar-refractivity contribution in [2.45, 2.75) is 57.0 Å². The fourth-order valence-electron chi connectivity index (χ4n) is 3.28. The summed E-state index contributed by atoms with van der Waals surface area (Å²) >= 11 is 0. The van der Waals surface area contributed by atoms with Gasteiger partial charge in [-0.25, -0.2) is 0 Å². The zero-order valence-electron chi connectivity index (χ0n) is 13.4. The van der Waals surface area contributed by atoms with Gasteiger partial charge in [0, 0.05) is 31.4 Å². The van der Waals surface area contributed by atoms with Gasteiger partial charge in [0.05, 0.1) is 12.6 Å². The number of likely N-dealkylation sites (tertiary alicyclic amines) is 1. The first-order valence-corrected chi connectivity index (χ1v) is 7.38. The molecule has 1 amide bonds. The number of ether oxygens (including phenoxy) is 1. The molecule has 1 saturated carbocycles. The Labute approximate surface area is 139 Å². The molecule has 1 heterocycles. The first kappa shape index (κ1) is 20.5. The van der Waals surface area contributed by atoms with E-state index in [-0.39, 0.29) is 31.5 Å². The van der Waals surface area contributed by atoms with E-state index in [2.05, 4.69) is 0 Å². The molecule has 2 aliphatic rings. The van der Waals surface area contributed by atoms with Crippen LogP contribution >= 0.6 is 12.4 Å². The lowest BCUT2D eigenvalue weighted by atomic mass is 9.54. The first-order chi connectivity index (χ1) is 9.89. The molecule has 1 saturated heterocycles.